The predicted octanol–water partition coefficient (Wildman–Crippen LogP) is 4.99. The van der Waals surface area contributed by atoms with Crippen LogP contribution < -0.4 is 5.56 Å². The molecular formula is C17H14BrIN2O2S. The van der Waals surface area contributed by atoms with Gasteiger partial charge in [0.1, 0.15) is 16.4 Å². The second-order valence-corrected chi connectivity index (χ2v) is 9.10. The van der Waals surface area contributed by atoms with E-state index in [1.54, 1.807) is 17.4 Å². The molecule has 0 spiro atoms. The smallest absolute Gasteiger partial charge is 0.260 e. The third kappa shape index (κ3) is 2.80. The zero-order chi connectivity index (χ0) is 16.8. The average molecular weight is 517 g/mol. The van der Waals surface area contributed by atoms with Gasteiger partial charge in [0.25, 0.3) is 5.56 Å². The Morgan fingerprint density at radius 3 is 2.88 bits per heavy atom. The van der Waals surface area contributed by atoms with Crippen molar-refractivity contribution in [3.8, 4) is 17.1 Å². The van der Waals surface area contributed by atoms with E-state index in [2.05, 4.69) is 48.5 Å². The van der Waals surface area contributed by atoms with Crippen LogP contribution >= 0.6 is 49.9 Å². The summed E-state index contributed by atoms with van der Waals surface area (Å²) >= 11 is 7.12. The molecule has 0 amide bonds. The third-order valence-electron chi connectivity index (χ3n) is 4.36. The third-order valence-corrected chi connectivity index (χ3v) is 6.82. The number of benzene rings is 1. The van der Waals surface area contributed by atoms with Gasteiger partial charge in [-0.2, -0.15) is 0 Å². The largest absolute Gasteiger partial charge is 0.506 e. The van der Waals surface area contributed by atoms with Crippen LogP contribution in [0.3, 0.4) is 0 Å². The van der Waals surface area contributed by atoms with Gasteiger partial charge in [-0.05, 0) is 66.0 Å². The van der Waals surface area contributed by atoms with Crippen molar-refractivity contribution in [1.29, 1.82) is 0 Å². The lowest BCUT2D eigenvalue weighted by Gasteiger charge is -2.07. The van der Waals surface area contributed by atoms with E-state index in [1.165, 1.54) is 23.3 Å². The van der Waals surface area contributed by atoms with Gasteiger partial charge in [-0.3, -0.25) is 4.79 Å². The molecule has 0 unspecified atom stereocenters. The molecular weight excluding hydrogens is 503 g/mol. The van der Waals surface area contributed by atoms with E-state index in [0.717, 1.165) is 34.0 Å². The molecule has 0 radical (unpaired) electrons. The Labute approximate surface area is 164 Å². The Morgan fingerprint density at radius 1 is 1.25 bits per heavy atom. The van der Waals surface area contributed by atoms with Gasteiger partial charge in [-0.1, -0.05) is 22.4 Å². The molecule has 124 valence electrons. The zero-order valence-corrected chi connectivity index (χ0v) is 17.2. The van der Waals surface area contributed by atoms with Crippen molar-refractivity contribution < 1.29 is 5.11 Å². The molecule has 0 saturated carbocycles. The molecule has 0 saturated heterocycles. The number of H-pyrrole nitrogens is 1. The number of phenols is 1. The van der Waals surface area contributed by atoms with Gasteiger partial charge < -0.3 is 10.1 Å². The Kier molecular flexibility index (Phi) is 4.42. The summed E-state index contributed by atoms with van der Waals surface area (Å²) in [4.78, 5) is 22.3. The van der Waals surface area contributed by atoms with E-state index in [0.29, 0.717) is 15.0 Å². The molecule has 0 atom stereocenters. The summed E-state index contributed by atoms with van der Waals surface area (Å²) in [6.07, 6.45) is 5.52. The molecule has 4 nitrogen and oxygen atoms in total. The van der Waals surface area contributed by atoms with E-state index >= 15 is 0 Å². The van der Waals surface area contributed by atoms with Gasteiger partial charge in [-0.25, -0.2) is 4.98 Å². The van der Waals surface area contributed by atoms with Crippen molar-refractivity contribution in [3.05, 3.63) is 41.0 Å². The fourth-order valence-corrected chi connectivity index (χ4v) is 5.99. The van der Waals surface area contributed by atoms with Crippen LogP contribution in [-0.4, -0.2) is 15.1 Å². The number of phenolic OH excluding ortho intramolecular Hbond substituents is 1. The SMILES string of the molecule is O=c1[nH]c(-c2cc(Br)cc(I)c2O)nc2sc3c(c12)CCCCC3. The summed E-state index contributed by atoms with van der Waals surface area (Å²) in [6, 6.07) is 3.60. The number of thiophene rings is 1. The first-order valence-corrected chi connectivity index (χ1v) is 10.5. The number of nitrogens with zero attached hydrogens (tertiary/aromatic N) is 1. The number of rotatable bonds is 1. The highest BCUT2D eigenvalue weighted by atomic mass is 127. The van der Waals surface area contributed by atoms with Crippen molar-refractivity contribution in [1.82, 2.24) is 9.97 Å². The molecule has 0 aliphatic heterocycles. The lowest BCUT2D eigenvalue weighted by atomic mass is 10.1. The fraction of sp³-hybridized carbons (Fsp3) is 0.294. The normalized spacial score (nSPS) is 14.6. The first kappa shape index (κ1) is 16.5. The quantitative estimate of drug-likeness (QED) is 0.353. The van der Waals surface area contributed by atoms with Crippen molar-refractivity contribution >= 4 is 60.1 Å². The standard InChI is InChI=1S/C17H14BrIN2O2S/c18-8-6-10(14(22)11(19)7-8)15-20-16(23)13-9-4-2-1-3-5-12(9)24-17(13)21-15/h6-7,22H,1-5H2,(H,20,21,23). The highest BCUT2D eigenvalue weighted by Gasteiger charge is 2.20. The topological polar surface area (TPSA) is 66.0 Å². The molecule has 0 bridgehead atoms. The van der Waals surface area contributed by atoms with Gasteiger partial charge in [0.15, 0.2) is 0 Å². The monoisotopic (exact) mass is 516 g/mol. The van der Waals surface area contributed by atoms with Crippen LogP contribution in [0, 0.1) is 3.57 Å². The number of aromatic amines is 1. The number of hydrogen-bond donors (Lipinski definition) is 2. The summed E-state index contributed by atoms with van der Waals surface area (Å²) < 4.78 is 1.55. The van der Waals surface area contributed by atoms with Crippen molar-refractivity contribution in [2.75, 3.05) is 0 Å². The Morgan fingerprint density at radius 2 is 2.04 bits per heavy atom. The van der Waals surface area contributed by atoms with Gasteiger partial charge in [0.2, 0.25) is 0 Å². The van der Waals surface area contributed by atoms with Crippen LogP contribution in [-0.2, 0) is 12.8 Å². The van der Waals surface area contributed by atoms with Crippen LogP contribution in [0.25, 0.3) is 21.6 Å². The van der Waals surface area contributed by atoms with E-state index in [4.69, 9.17) is 0 Å². The molecule has 2 aromatic heterocycles. The van der Waals surface area contributed by atoms with E-state index in [-0.39, 0.29) is 11.3 Å². The van der Waals surface area contributed by atoms with E-state index < -0.39 is 0 Å². The van der Waals surface area contributed by atoms with Gasteiger partial charge in [-0.15, -0.1) is 11.3 Å². The number of halogens is 2. The Balaban J connectivity index is 1.95. The number of aryl methyl sites for hydroxylation is 2. The average Bonchev–Trinajstić information content (AvgIpc) is 2.73. The van der Waals surface area contributed by atoms with Crippen LogP contribution in [0.1, 0.15) is 29.7 Å². The molecule has 4 rings (SSSR count). The summed E-state index contributed by atoms with van der Waals surface area (Å²) in [5.41, 5.74) is 1.61. The van der Waals surface area contributed by atoms with Crippen molar-refractivity contribution in [2.45, 2.75) is 32.1 Å². The van der Waals surface area contributed by atoms with Gasteiger partial charge in [0.05, 0.1) is 14.5 Å². The number of aromatic hydroxyl groups is 1. The lowest BCUT2D eigenvalue weighted by Crippen LogP contribution is -2.10. The zero-order valence-electron chi connectivity index (χ0n) is 12.7. The highest BCUT2D eigenvalue weighted by molar-refractivity contribution is 14.1. The van der Waals surface area contributed by atoms with Crippen molar-refractivity contribution in [2.24, 2.45) is 0 Å². The lowest BCUT2D eigenvalue weighted by molar-refractivity contribution is 0.473. The molecule has 2 heterocycles. The minimum Gasteiger partial charge on any atom is -0.506 e. The van der Waals surface area contributed by atoms with E-state index in [1.807, 2.05) is 6.07 Å². The highest BCUT2D eigenvalue weighted by Crippen LogP contribution is 2.37. The van der Waals surface area contributed by atoms with E-state index in [9.17, 15) is 9.90 Å². The maximum atomic E-state index is 12.7. The molecule has 0 fully saturated rings. The van der Waals surface area contributed by atoms with Crippen LogP contribution in [0.15, 0.2) is 21.4 Å². The van der Waals surface area contributed by atoms with Crippen LogP contribution in [0.4, 0.5) is 0 Å². The minimum atomic E-state index is -0.108. The van der Waals surface area contributed by atoms with Gasteiger partial charge in [0, 0.05) is 9.35 Å². The second kappa shape index (κ2) is 6.42. The molecule has 1 aliphatic rings. The molecule has 7 heteroatoms. The first-order valence-electron chi connectivity index (χ1n) is 7.77. The molecule has 3 aromatic rings. The number of hydrogen-bond acceptors (Lipinski definition) is 4. The van der Waals surface area contributed by atoms with Crippen molar-refractivity contribution in [3.63, 3.8) is 0 Å². The fourth-order valence-electron chi connectivity index (χ4n) is 3.21. The number of nitrogens with one attached hydrogen (secondary N) is 1. The van der Waals surface area contributed by atoms with Crippen LogP contribution in [0.5, 0.6) is 5.75 Å². The van der Waals surface area contributed by atoms with Crippen LogP contribution in [0.2, 0.25) is 0 Å². The molecule has 24 heavy (non-hydrogen) atoms. The minimum absolute atomic E-state index is 0.108. The predicted molar refractivity (Wildman–Crippen MR) is 109 cm³/mol. The molecule has 1 aromatic carbocycles. The number of fused-ring (bicyclic) bond motifs is 3. The first-order chi connectivity index (χ1) is 11.5. The maximum absolute atomic E-state index is 12.7. The van der Waals surface area contributed by atoms with Gasteiger partial charge >= 0.3 is 0 Å². The summed E-state index contributed by atoms with van der Waals surface area (Å²) in [6.45, 7) is 0. The maximum Gasteiger partial charge on any atom is 0.260 e. The Hall–Kier alpha value is -0.930. The summed E-state index contributed by atoms with van der Waals surface area (Å²) in [5, 5.41) is 11.1. The second-order valence-electron chi connectivity index (χ2n) is 5.94. The molecule has 1 aliphatic carbocycles. The Bertz CT molecular complexity index is 1010. The summed E-state index contributed by atoms with van der Waals surface area (Å²) in [5.74, 6) is 0.556. The molecule has 2 N–H and O–H groups in total. The summed E-state index contributed by atoms with van der Waals surface area (Å²) in [7, 11) is 0. The number of aromatic nitrogens is 2.